The molecule has 3 aliphatic heterocycles. The van der Waals surface area contributed by atoms with E-state index in [9.17, 15) is 9.59 Å². The van der Waals surface area contributed by atoms with Crippen molar-refractivity contribution in [1.82, 2.24) is 9.80 Å². The smallest absolute Gasteiger partial charge is 0.345 e. The van der Waals surface area contributed by atoms with E-state index in [-0.39, 0.29) is 24.4 Å². The van der Waals surface area contributed by atoms with Crippen LogP contribution in [0, 0.1) is 0 Å². The van der Waals surface area contributed by atoms with E-state index in [2.05, 4.69) is 4.99 Å². The van der Waals surface area contributed by atoms with Gasteiger partial charge in [0.05, 0.1) is 12.5 Å². The van der Waals surface area contributed by atoms with Gasteiger partial charge in [0.15, 0.2) is 0 Å². The zero-order valence-corrected chi connectivity index (χ0v) is 9.85. The molecule has 6 heteroatoms. The first-order valence-electron chi connectivity index (χ1n) is 5.99. The van der Waals surface area contributed by atoms with Gasteiger partial charge in [0, 0.05) is 13.6 Å². The Hall–Kier alpha value is -1.59. The molecule has 92 valence electrons. The highest BCUT2D eigenvalue weighted by molar-refractivity contribution is 6.09. The van der Waals surface area contributed by atoms with Crippen molar-refractivity contribution in [2.45, 2.75) is 37.3 Å². The summed E-state index contributed by atoms with van der Waals surface area (Å²) in [6.07, 6.45) is 3.30. The minimum atomic E-state index is -0.672. The third-order valence-electron chi connectivity index (χ3n) is 4.34. The predicted molar refractivity (Wildman–Crippen MR) is 61.5 cm³/mol. The summed E-state index contributed by atoms with van der Waals surface area (Å²) in [7, 11) is 1.69. The third kappa shape index (κ3) is 1.13. The number of amides is 3. The van der Waals surface area contributed by atoms with E-state index in [1.165, 1.54) is 0 Å². The van der Waals surface area contributed by atoms with Gasteiger partial charge < -0.3 is 15.5 Å². The molecule has 3 aliphatic rings. The number of nitrogens with two attached hydrogens (primary N) is 1. The van der Waals surface area contributed by atoms with Crippen molar-refractivity contribution in [3.05, 3.63) is 0 Å². The van der Waals surface area contributed by atoms with Gasteiger partial charge in [0.1, 0.15) is 11.4 Å². The maximum Gasteiger partial charge on any atom is 0.345 e. The van der Waals surface area contributed by atoms with E-state index in [1.807, 2.05) is 4.90 Å². The number of carbonyl (C=O) groups is 2. The number of fused-ring (bicyclic) bond motifs is 2. The minimum Gasteiger partial charge on any atom is -0.385 e. The molecule has 0 aromatic heterocycles. The van der Waals surface area contributed by atoms with E-state index in [0.29, 0.717) is 5.84 Å². The number of piperidine rings is 1. The Morgan fingerprint density at radius 2 is 2.18 bits per heavy atom. The standard InChI is InChI=1S/C11H16N4O2/c1-14-10(17)13-9(12)11(14)6-8(16)15-5-3-2-4-7(11)15/h7H,2-6H2,1H3,(H2,12,13,17). The Kier molecular flexibility index (Phi) is 1.99. The summed E-state index contributed by atoms with van der Waals surface area (Å²) in [5.74, 6) is 0.405. The molecule has 0 radical (unpaired) electrons. The SMILES string of the molecule is CN1C(=O)N=C(N)C12CC(=O)N1CCCCC12. The van der Waals surface area contributed by atoms with E-state index in [1.54, 1.807) is 11.9 Å². The summed E-state index contributed by atoms with van der Waals surface area (Å²) in [4.78, 5) is 31.0. The first kappa shape index (κ1) is 10.6. The monoisotopic (exact) mass is 236 g/mol. The number of rotatable bonds is 0. The van der Waals surface area contributed by atoms with Crippen LogP contribution in [0.25, 0.3) is 0 Å². The highest BCUT2D eigenvalue weighted by Gasteiger charge is 2.60. The molecular weight excluding hydrogens is 220 g/mol. The van der Waals surface area contributed by atoms with Gasteiger partial charge in [-0.1, -0.05) is 0 Å². The molecule has 0 aliphatic carbocycles. The van der Waals surface area contributed by atoms with Gasteiger partial charge in [0.25, 0.3) is 0 Å². The lowest BCUT2D eigenvalue weighted by Gasteiger charge is -2.41. The van der Waals surface area contributed by atoms with Gasteiger partial charge in [-0.2, -0.15) is 4.99 Å². The van der Waals surface area contributed by atoms with Crippen LogP contribution in [0.5, 0.6) is 0 Å². The van der Waals surface area contributed by atoms with E-state index in [4.69, 9.17) is 5.73 Å². The van der Waals surface area contributed by atoms with Crippen molar-refractivity contribution in [1.29, 1.82) is 0 Å². The van der Waals surface area contributed by atoms with Crippen LogP contribution in [0.1, 0.15) is 25.7 Å². The molecule has 0 saturated carbocycles. The number of nitrogens with zero attached hydrogens (tertiary/aromatic N) is 3. The van der Waals surface area contributed by atoms with Crippen LogP contribution in [0.4, 0.5) is 4.79 Å². The van der Waals surface area contributed by atoms with Crippen LogP contribution in [0.15, 0.2) is 4.99 Å². The molecule has 2 saturated heterocycles. The molecule has 0 bridgehead atoms. The Bertz CT molecular complexity index is 433. The van der Waals surface area contributed by atoms with Crippen LogP contribution in [-0.4, -0.2) is 52.7 Å². The summed E-state index contributed by atoms with van der Waals surface area (Å²) in [6.45, 7) is 0.778. The number of amidine groups is 1. The highest BCUT2D eigenvalue weighted by atomic mass is 16.2. The number of hydrogen-bond donors (Lipinski definition) is 1. The van der Waals surface area contributed by atoms with Crippen molar-refractivity contribution in [3.8, 4) is 0 Å². The molecule has 6 nitrogen and oxygen atoms in total. The van der Waals surface area contributed by atoms with Crippen molar-refractivity contribution >= 4 is 17.8 Å². The van der Waals surface area contributed by atoms with Crippen LogP contribution in [0.3, 0.4) is 0 Å². The number of hydrogen-bond acceptors (Lipinski definition) is 3. The quantitative estimate of drug-likeness (QED) is 0.639. The second kappa shape index (κ2) is 3.21. The van der Waals surface area contributed by atoms with Crippen molar-refractivity contribution in [2.24, 2.45) is 10.7 Å². The van der Waals surface area contributed by atoms with Crippen LogP contribution in [0.2, 0.25) is 0 Å². The second-order valence-electron chi connectivity index (χ2n) is 5.04. The zero-order chi connectivity index (χ0) is 12.2. The first-order chi connectivity index (χ1) is 8.07. The maximum atomic E-state index is 12.0. The topological polar surface area (TPSA) is 79.0 Å². The number of likely N-dealkylation sites (N-methyl/N-ethyl adjacent to an activating group) is 1. The molecule has 2 fully saturated rings. The average molecular weight is 236 g/mol. The summed E-state index contributed by atoms with van der Waals surface area (Å²) < 4.78 is 0. The largest absolute Gasteiger partial charge is 0.385 e. The predicted octanol–water partition coefficient (Wildman–Crippen LogP) is -0.0674. The summed E-state index contributed by atoms with van der Waals surface area (Å²) in [6, 6.07) is -0.313. The van der Waals surface area contributed by atoms with Gasteiger partial charge >= 0.3 is 6.03 Å². The fraction of sp³-hybridized carbons (Fsp3) is 0.727. The fourth-order valence-electron chi connectivity index (χ4n) is 3.40. The first-order valence-corrected chi connectivity index (χ1v) is 5.99. The molecule has 1 spiro atoms. The number of urea groups is 1. The lowest BCUT2D eigenvalue weighted by molar-refractivity contribution is -0.129. The van der Waals surface area contributed by atoms with Gasteiger partial charge in [-0.25, -0.2) is 4.79 Å². The molecule has 3 amide bonds. The van der Waals surface area contributed by atoms with Crippen molar-refractivity contribution < 1.29 is 9.59 Å². The summed E-state index contributed by atoms with van der Waals surface area (Å²) >= 11 is 0. The Labute approximate surface area is 99.4 Å². The van der Waals surface area contributed by atoms with E-state index < -0.39 is 5.54 Å². The van der Waals surface area contributed by atoms with Gasteiger partial charge in [-0.05, 0) is 19.3 Å². The highest BCUT2D eigenvalue weighted by Crippen LogP contribution is 2.42. The molecule has 3 rings (SSSR count). The minimum absolute atomic E-state index is 0.0175. The number of carbonyl (C=O) groups excluding carboxylic acids is 2. The Balaban J connectivity index is 2.06. The van der Waals surface area contributed by atoms with Gasteiger partial charge in [0.2, 0.25) is 5.91 Å². The van der Waals surface area contributed by atoms with Gasteiger partial charge in [-0.3, -0.25) is 4.79 Å². The third-order valence-corrected chi connectivity index (χ3v) is 4.34. The van der Waals surface area contributed by atoms with Gasteiger partial charge in [-0.15, -0.1) is 0 Å². The lowest BCUT2D eigenvalue weighted by atomic mass is 9.84. The molecule has 0 aromatic carbocycles. The molecule has 2 atom stereocenters. The van der Waals surface area contributed by atoms with Crippen LogP contribution < -0.4 is 5.73 Å². The lowest BCUT2D eigenvalue weighted by Crippen LogP contribution is -2.60. The molecule has 3 heterocycles. The second-order valence-corrected chi connectivity index (χ2v) is 5.04. The zero-order valence-electron chi connectivity index (χ0n) is 9.85. The molecule has 2 N–H and O–H groups in total. The normalized spacial score (nSPS) is 36.8. The molecular formula is C11H16N4O2. The molecule has 17 heavy (non-hydrogen) atoms. The fourth-order valence-corrected chi connectivity index (χ4v) is 3.40. The molecule has 2 unspecified atom stereocenters. The average Bonchev–Trinajstić information content (AvgIpc) is 2.73. The summed E-state index contributed by atoms with van der Waals surface area (Å²) in [5.41, 5.74) is 5.26. The van der Waals surface area contributed by atoms with E-state index >= 15 is 0 Å². The Morgan fingerprint density at radius 1 is 1.41 bits per heavy atom. The summed E-state index contributed by atoms with van der Waals surface area (Å²) in [5, 5.41) is 0. The number of aliphatic imine (C=N–C) groups is 1. The van der Waals surface area contributed by atoms with Crippen LogP contribution in [-0.2, 0) is 4.79 Å². The van der Waals surface area contributed by atoms with Crippen LogP contribution >= 0.6 is 0 Å². The van der Waals surface area contributed by atoms with Crippen molar-refractivity contribution in [2.75, 3.05) is 13.6 Å². The maximum absolute atomic E-state index is 12.0. The van der Waals surface area contributed by atoms with E-state index in [0.717, 1.165) is 25.8 Å². The van der Waals surface area contributed by atoms with Crippen molar-refractivity contribution in [3.63, 3.8) is 0 Å². The molecule has 0 aromatic rings. The Morgan fingerprint density at radius 3 is 2.82 bits per heavy atom.